The Kier molecular flexibility index (Phi) is 3.63. The molecule has 3 rings (SSSR count). The number of benzene rings is 1. The number of aromatic nitrogens is 1. The van der Waals surface area contributed by atoms with Crippen LogP contribution in [0.4, 0.5) is 0 Å². The molecule has 2 aromatic rings. The minimum absolute atomic E-state index is 0.606. The molecule has 1 aromatic heterocycles. The van der Waals surface area contributed by atoms with Crippen LogP contribution in [-0.2, 0) is 0 Å². The highest BCUT2D eigenvalue weighted by atomic mass is 35.5. The van der Waals surface area contributed by atoms with Crippen molar-refractivity contribution >= 4 is 28.1 Å². The van der Waals surface area contributed by atoms with Gasteiger partial charge in [-0.2, -0.15) is 0 Å². The summed E-state index contributed by atoms with van der Waals surface area (Å²) in [7, 11) is 0. The van der Waals surface area contributed by atoms with Gasteiger partial charge < -0.3 is 10.3 Å². The van der Waals surface area contributed by atoms with Crippen molar-refractivity contribution in [3.05, 3.63) is 41.1 Å². The van der Waals surface area contributed by atoms with E-state index >= 15 is 0 Å². The van der Waals surface area contributed by atoms with E-state index in [0.29, 0.717) is 6.04 Å². The van der Waals surface area contributed by atoms with Gasteiger partial charge >= 0.3 is 0 Å². The average molecular weight is 275 g/mol. The second-order valence-electron chi connectivity index (χ2n) is 5.22. The molecule has 2 heterocycles. The number of H-pyrrole nitrogens is 1. The summed E-state index contributed by atoms with van der Waals surface area (Å²) in [5.74, 6) is 0. The molecule has 2 nitrogen and oxygen atoms in total. The standard InChI is InChI=1S/C16H19ClN2/c1-2-3-13-8-11(6-7-18-13)15-10-19-16-5-4-12(17)9-14(15)16/h4-6,9-10,13,18-19H,2-3,7-8H2,1H3. The van der Waals surface area contributed by atoms with Gasteiger partial charge in [0.2, 0.25) is 0 Å². The number of hydrogen-bond acceptors (Lipinski definition) is 1. The lowest BCUT2D eigenvalue weighted by molar-refractivity contribution is 0.496. The van der Waals surface area contributed by atoms with Crippen molar-refractivity contribution in [2.45, 2.75) is 32.2 Å². The molecule has 0 bridgehead atoms. The molecular weight excluding hydrogens is 256 g/mol. The molecule has 0 amide bonds. The van der Waals surface area contributed by atoms with Crippen molar-refractivity contribution in [2.24, 2.45) is 0 Å². The monoisotopic (exact) mass is 274 g/mol. The molecular formula is C16H19ClN2. The molecule has 1 unspecified atom stereocenters. The van der Waals surface area contributed by atoms with Gasteiger partial charge in [0, 0.05) is 40.3 Å². The van der Waals surface area contributed by atoms with Crippen LogP contribution < -0.4 is 5.32 Å². The van der Waals surface area contributed by atoms with Crippen LogP contribution in [-0.4, -0.2) is 17.6 Å². The lowest BCUT2D eigenvalue weighted by Gasteiger charge is -2.23. The number of hydrogen-bond donors (Lipinski definition) is 2. The zero-order chi connectivity index (χ0) is 13.2. The van der Waals surface area contributed by atoms with Gasteiger partial charge in [-0.1, -0.05) is 31.0 Å². The smallest absolute Gasteiger partial charge is 0.0461 e. The van der Waals surface area contributed by atoms with Gasteiger partial charge in [0.1, 0.15) is 0 Å². The van der Waals surface area contributed by atoms with E-state index < -0.39 is 0 Å². The maximum Gasteiger partial charge on any atom is 0.0461 e. The summed E-state index contributed by atoms with van der Waals surface area (Å²) in [6.07, 6.45) is 7.98. The number of aromatic amines is 1. The maximum atomic E-state index is 6.12. The van der Waals surface area contributed by atoms with Gasteiger partial charge in [0.05, 0.1) is 0 Å². The number of rotatable bonds is 3. The highest BCUT2D eigenvalue weighted by Crippen LogP contribution is 2.31. The molecule has 0 aliphatic carbocycles. The molecule has 1 aliphatic heterocycles. The van der Waals surface area contributed by atoms with Gasteiger partial charge in [-0.3, -0.25) is 0 Å². The van der Waals surface area contributed by atoms with Gasteiger partial charge in [0.25, 0.3) is 0 Å². The summed E-state index contributed by atoms with van der Waals surface area (Å²) >= 11 is 6.12. The summed E-state index contributed by atoms with van der Waals surface area (Å²) in [4.78, 5) is 3.34. The van der Waals surface area contributed by atoms with Crippen molar-refractivity contribution in [3.63, 3.8) is 0 Å². The zero-order valence-electron chi connectivity index (χ0n) is 11.2. The molecule has 0 saturated carbocycles. The highest BCUT2D eigenvalue weighted by Gasteiger charge is 2.17. The van der Waals surface area contributed by atoms with Crippen LogP contribution in [0.2, 0.25) is 5.02 Å². The molecule has 1 aromatic carbocycles. The fourth-order valence-corrected chi connectivity index (χ4v) is 3.07. The Hall–Kier alpha value is -1.25. The Balaban J connectivity index is 1.95. The first kappa shape index (κ1) is 12.8. The summed E-state index contributed by atoms with van der Waals surface area (Å²) < 4.78 is 0. The molecule has 0 saturated heterocycles. The number of nitrogens with one attached hydrogen (secondary N) is 2. The third-order valence-corrected chi connectivity index (χ3v) is 4.08. The van der Waals surface area contributed by atoms with Crippen LogP contribution >= 0.6 is 11.6 Å². The van der Waals surface area contributed by atoms with Gasteiger partial charge in [0.15, 0.2) is 0 Å². The van der Waals surface area contributed by atoms with E-state index in [0.717, 1.165) is 23.5 Å². The Morgan fingerprint density at radius 1 is 1.37 bits per heavy atom. The van der Waals surface area contributed by atoms with Crippen LogP contribution in [0.25, 0.3) is 16.5 Å². The summed E-state index contributed by atoms with van der Waals surface area (Å²) in [6.45, 7) is 3.21. The molecule has 3 heteroatoms. The number of halogens is 1. The van der Waals surface area contributed by atoms with Crippen LogP contribution in [0.15, 0.2) is 30.5 Å². The predicted molar refractivity (Wildman–Crippen MR) is 82.6 cm³/mol. The van der Waals surface area contributed by atoms with Gasteiger partial charge in [-0.15, -0.1) is 0 Å². The third kappa shape index (κ3) is 2.56. The molecule has 1 atom stereocenters. The number of fused-ring (bicyclic) bond motifs is 1. The van der Waals surface area contributed by atoms with Crippen molar-refractivity contribution in [3.8, 4) is 0 Å². The van der Waals surface area contributed by atoms with E-state index in [2.05, 4.69) is 35.6 Å². The van der Waals surface area contributed by atoms with Crippen LogP contribution in [0.1, 0.15) is 31.7 Å². The summed E-state index contributed by atoms with van der Waals surface area (Å²) in [5.41, 5.74) is 3.90. The van der Waals surface area contributed by atoms with Crippen LogP contribution in [0.5, 0.6) is 0 Å². The lowest BCUT2D eigenvalue weighted by atomic mass is 9.93. The van der Waals surface area contributed by atoms with E-state index in [1.54, 1.807) is 0 Å². The molecule has 0 spiro atoms. The van der Waals surface area contributed by atoms with Crippen molar-refractivity contribution < 1.29 is 0 Å². The second-order valence-corrected chi connectivity index (χ2v) is 5.66. The minimum Gasteiger partial charge on any atom is -0.361 e. The van der Waals surface area contributed by atoms with Gasteiger partial charge in [-0.25, -0.2) is 0 Å². The Morgan fingerprint density at radius 3 is 3.11 bits per heavy atom. The van der Waals surface area contributed by atoms with Crippen molar-refractivity contribution in [2.75, 3.05) is 6.54 Å². The molecule has 19 heavy (non-hydrogen) atoms. The zero-order valence-corrected chi connectivity index (χ0v) is 11.9. The van der Waals surface area contributed by atoms with E-state index in [1.165, 1.54) is 29.4 Å². The average Bonchev–Trinajstić information content (AvgIpc) is 2.82. The molecule has 0 fully saturated rings. The molecule has 1 aliphatic rings. The Bertz CT molecular complexity index is 612. The van der Waals surface area contributed by atoms with Crippen molar-refractivity contribution in [1.29, 1.82) is 0 Å². The SMILES string of the molecule is CCCC1CC(c2c[nH]c3ccc(Cl)cc23)=CCN1. The first-order valence-electron chi connectivity index (χ1n) is 6.97. The normalized spacial score (nSPS) is 19.7. The molecule has 100 valence electrons. The van der Waals surface area contributed by atoms with E-state index in [9.17, 15) is 0 Å². The van der Waals surface area contributed by atoms with Gasteiger partial charge in [-0.05, 0) is 36.6 Å². The van der Waals surface area contributed by atoms with Crippen LogP contribution in [0, 0.1) is 0 Å². The lowest BCUT2D eigenvalue weighted by Crippen LogP contribution is -2.32. The fourth-order valence-electron chi connectivity index (χ4n) is 2.90. The predicted octanol–water partition coefficient (Wildman–Crippen LogP) is 4.37. The second kappa shape index (κ2) is 5.40. The van der Waals surface area contributed by atoms with Crippen molar-refractivity contribution in [1.82, 2.24) is 10.3 Å². The topological polar surface area (TPSA) is 27.8 Å². The molecule has 2 N–H and O–H groups in total. The highest BCUT2D eigenvalue weighted by molar-refractivity contribution is 6.31. The van der Waals surface area contributed by atoms with E-state index in [4.69, 9.17) is 11.6 Å². The quantitative estimate of drug-likeness (QED) is 0.855. The maximum absolute atomic E-state index is 6.12. The summed E-state index contributed by atoms with van der Waals surface area (Å²) in [5, 5.41) is 5.59. The Labute approximate surface area is 118 Å². The minimum atomic E-state index is 0.606. The molecule has 0 radical (unpaired) electrons. The Morgan fingerprint density at radius 2 is 2.26 bits per heavy atom. The van der Waals surface area contributed by atoms with Crippen LogP contribution in [0.3, 0.4) is 0 Å². The third-order valence-electron chi connectivity index (χ3n) is 3.85. The first-order valence-corrected chi connectivity index (χ1v) is 7.35. The first-order chi connectivity index (χ1) is 9.28. The largest absolute Gasteiger partial charge is 0.361 e. The summed E-state index contributed by atoms with van der Waals surface area (Å²) in [6, 6.07) is 6.64. The van der Waals surface area contributed by atoms with E-state index in [1.807, 2.05) is 12.1 Å². The fraction of sp³-hybridized carbons (Fsp3) is 0.375. The van der Waals surface area contributed by atoms with E-state index in [-0.39, 0.29) is 0 Å².